The fourth-order valence-corrected chi connectivity index (χ4v) is 1.07. The molecule has 0 unspecified atom stereocenters. The molecule has 54 valence electrons. The Kier molecular flexibility index (Phi) is 1.90. The SMILES string of the molecule is Cc1ccn(C)c(=S)c1C. The zero-order chi connectivity index (χ0) is 7.72. The molecular weight excluding hydrogens is 142 g/mol. The number of nitrogens with zero attached hydrogens (tertiary/aromatic N) is 1. The smallest absolute Gasteiger partial charge is 0.108 e. The highest BCUT2D eigenvalue weighted by Crippen LogP contribution is 2.06. The molecule has 1 nitrogen and oxygen atoms in total. The molecule has 0 aliphatic heterocycles. The third kappa shape index (κ3) is 1.12. The Bertz CT molecular complexity index is 299. The van der Waals surface area contributed by atoms with Crippen molar-refractivity contribution in [1.82, 2.24) is 4.57 Å². The van der Waals surface area contributed by atoms with Gasteiger partial charge in [0.05, 0.1) is 0 Å². The number of aromatic nitrogens is 1. The molecule has 0 saturated heterocycles. The van der Waals surface area contributed by atoms with Crippen LogP contribution < -0.4 is 0 Å². The summed E-state index contributed by atoms with van der Waals surface area (Å²) in [5.74, 6) is 0. The van der Waals surface area contributed by atoms with Gasteiger partial charge in [-0.2, -0.15) is 0 Å². The second-order valence-electron chi connectivity index (χ2n) is 2.54. The van der Waals surface area contributed by atoms with E-state index in [1.807, 2.05) is 17.8 Å². The van der Waals surface area contributed by atoms with Crippen LogP contribution in [0.2, 0.25) is 0 Å². The van der Waals surface area contributed by atoms with Gasteiger partial charge in [-0.3, -0.25) is 0 Å². The van der Waals surface area contributed by atoms with Crippen molar-refractivity contribution < 1.29 is 0 Å². The fraction of sp³-hybridized carbons (Fsp3) is 0.375. The van der Waals surface area contributed by atoms with E-state index in [4.69, 9.17) is 12.2 Å². The van der Waals surface area contributed by atoms with E-state index in [0.29, 0.717) is 0 Å². The summed E-state index contributed by atoms with van der Waals surface area (Å²) >= 11 is 5.14. The zero-order valence-corrected chi connectivity index (χ0v) is 7.33. The van der Waals surface area contributed by atoms with Gasteiger partial charge in [0.15, 0.2) is 0 Å². The summed E-state index contributed by atoms with van der Waals surface area (Å²) in [5, 5.41) is 0. The molecule has 0 aliphatic rings. The van der Waals surface area contributed by atoms with Crippen molar-refractivity contribution in [3.8, 4) is 0 Å². The van der Waals surface area contributed by atoms with Crippen molar-refractivity contribution in [3.63, 3.8) is 0 Å². The lowest BCUT2D eigenvalue weighted by Crippen LogP contribution is -1.94. The predicted molar refractivity (Wildman–Crippen MR) is 45.7 cm³/mol. The van der Waals surface area contributed by atoms with E-state index in [9.17, 15) is 0 Å². The quantitative estimate of drug-likeness (QED) is 0.518. The maximum atomic E-state index is 5.14. The molecule has 0 fully saturated rings. The first-order valence-corrected chi connectivity index (χ1v) is 3.66. The van der Waals surface area contributed by atoms with Gasteiger partial charge in [0.2, 0.25) is 0 Å². The van der Waals surface area contributed by atoms with E-state index < -0.39 is 0 Å². The summed E-state index contributed by atoms with van der Waals surface area (Å²) in [6.07, 6.45) is 1.99. The van der Waals surface area contributed by atoms with Crippen LogP contribution in [0, 0.1) is 18.5 Å². The highest BCUT2D eigenvalue weighted by atomic mass is 32.1. The first-order chi connectivity index (χ1) is 4.63. The summed E-state index contributed by atoms with van der Waals surface area (Å²) in [7, 11) is 1.97. The molecule has 0 amide bonds. The molecule has 2 heteroatoms. The van der Waals surface area contributed by atoms with Crippen molar-refractivity contribution in [3.05, 3.63) is 28.0 Å². The van der Waals surface area contributed by atoms with Gasteiger partial charge in [-0.05, 0) is 31.0 Å². The van der Waals surface area contributed by atoms with Gasteiger partial charge < -0.3 is 4.57 Å². The first kappa shape index (κ1) is 7.48. The van der Waals surface area contributed by atoms with E-state index in [1.165, 1.54) is 11.1 Å². The molecule has 1 heterocycles. The standard InChI is InChI=1S/C8H11NS/c1-6-4-5-9(3)8(10)7(6)2/h4-5H,1-3H3. The van der Waals surface area contributed by atoms with Gasteiger partial charge in [0, 0.05) is 13.2 Å². The summed E-state index contributed by atoms with van der Waals surface area (Å²) in [6, 6.07) is 2.07. The number of aryl methyl sites for hydroxylation is 2. The second kappa shape index (κ2) is 2.54. The second-order valence-corrected chi connectivity index (χ2v) is 2.93. The molecule has 1 rings (SSSR count). The third-order valence-corrected chi connectivity index (χ3v) is 2.37. The number of pyridine rings is 1. The molecule has 0 N–H and O–H groups in total. The van der Waals surface area contributed by atoms with Gasteiger partial charge in [-0.1, -0.05) is 12.2 Å². The van der Waals surface area contributed by atoms with Crippen molar-refractivity contribution in [2.75, 3.05) is 0 Å². The van der Waals surface area contributed by atoms with Crippen LogP contribution in [0.25, 0.3) is 0 Å². The van der Waals surface area contributed by atoms with Crippen molar-refractivity contribution in [2.45, 2.75) is 13.8 Å². The minimum absolute atomic E-state index is 0.931. The maximum Gasteiger partial charge on any atom is 0.108 e. The average Bonchev–Trinajstić information content (AvgIpc) is 1.93. The number of hydrogen-bond donors (Lipinski definition) is 0. The maximum absolute atomic E-state index is 5.14. The average molecular weight is 153 g/mol. The number of rotatable bonds is 0. The highest BCUT2D eigenvalue weighted by Gasteiger charge is 1.93. The molecular formula is C8H11NS. The molecule has 0 radical (unpaired) electrons. The molecule has 0 spiro atoms. The first-order valence-electron chi connectivity index (χ1n) is 3.26. The van der Waals surface area contributed by atoms with Crippen LogP contribution in [-0.2, 0) is 7.05 Å². The normalized spacial score (nSPS) is 9.90. The monoisotopic (exact) mass is 153 g/mol. The zero-order valence-electron chi connectivity index (χ0n) is 6.51. The lowest BCUT2D eigenvalue weighted by atomic mass is 10.2. The molecule has 0 bridgehead atoms. The molecule has 10 heavy (non-hydrogen) atoms. The Hall–Kier alpha value is -0.630. The summed E-state index contributed by atoms with van der Waals surface area (Å²) in [5.41, 5.74) is 2.48. The Labute approximate surface area is 66.3 Å². The van der Waals surface area contributed by atoms with Gasteiger partial charge in [0.1, 0.15) is 4.64 Å². The summed E-state index contributed by atoms with van der Waals surface area (Å²) in [6.45, 7) is 4.13. The van der Waals surface area contributed by atoms with Crippen molar-refractivity contribution in [1.29, 1.82) is 0 Å². The van der Waals surface area contributed by atoms with Crippen LogP contribution in [0.1, 0.15) is 11.1 Å². The molecule has 0 saturated carbocycles. The van der Waals surface area contributed by atoms with Crippen LogP contribution in [-0.4, -0.2) is 4.57 Å². The van der Waals surface area contributed by atoms with Gasteiger partial charge in [-0.15, -0.1) is 0 Å². The molecule has 0 aliphatic carbocycles. The predicted octanol–water partition coefficient (Wildman–Crippen LogP) is 2.37. The van der Waals surface area contributed by atoms with Crippen LogP contribution in [0.15, 0.2) is 12.3 Å². The Morgan fingerprint density at radius 2 is 2.00 bits per heavy atom. The van der Waals surface area contributed by atoms with Crippen LogP contribution in [0.5, 0.6) is 0 Å². The van der Waals surface area contributed by atoms with E-state index in [-0.39, 0.29) is 0 Å². The van der Waals surface area contributed by atoms with Crippen molar-refractivity contribution in [2.24, 2.45) is 7.05 Å². The lowest BCUT2D eigenvalue weighted by Gasteiger charge is -2.03. The van der Waals surface area contributed by atoms with E-state index >= 15 is 0 Å². The molecule has 0 aromatic carbocycles. The van der Waals surface area contributed by atoms with E-state index in [2.05, 4.69) is 19.9 Å². The van der Waals surface area contributed by atoms with E-state index in [0.717, 1.165) is 4.64 Å². The summed E-state index contributed by atoms with van der Waals surface area (Å²) < 4.78 is 2.89. The van der Waals surface area contributed by atoms with Crippen LogP contribution >= 0.6 is 12.2 Å². The van der Waals surface area contributed by atoms with Crippen LogP contribution in [0.3, 0.4) is 0 Å². The largest absolute Gasteiger partial charge is 0.342 e. The Morgan fingerprint density at radius 1 is 1.40 bits per heavy atom. The number of hydrogen-bond acceptors (Lipinski definition) is 1. The molecule has 1 aromatic rings. The van der Waals surface area contributed by atoms with Gasteiger partial charge in [-0.25, -0.2) is 0 Å². The Morgan fingerprint density at radius 3 is 2.50 bits per heavy atom. The lowest BCUT2D eigenvalue weighted by molar-refractivity contribution is 0.871. The van der Waals surface area contributed by atoms with Gasteiger partial charge in [0.25, 0.3) is 0 Å². The summed E-state index contributed by atoms with van der Waals surface area (Å²) in [4.78, 5) is 0. The minimum atomic E-state index is 0.931. The van der Waals surface area contributed by atoms with Crippen molar-refractivity contribution >= 4 is 12.2 Å². The fourth-order valence-electron chi connectivity index (χ4n) is 0.850. The van der Waals surface area contributed by atoms with Crippen LogP contribution in [0.4, 0.5) is 0 Å². The minimum Gasteiger partial charge on any atom is -0.342 e. The third-order valence-electron chi connectivity index (χ3n) is 1.78. The molecule has 0 atom stereocenters. The Balaban J connectivity index is 3.50. The topological polar surface area (TPSA) is 4.93 Å². The molecule has 1 aromatic heterocycles. The highest BCUT2D eigenvalue weighted by molar-refractivity contribution is 7.71. The van der Waals surface area contributed by atoms with Gasteiger partial charge >= 0.3 is 0 Å². The van der Waals surface area contributed by atoms with E-state index in [1.54, 1.807) is 0 Å².